The number of halogens is 1. The fourth-order valence-corrected chi connectivity index (χ4v) is 4.58. The van der Waals surface area contributed by atoms with Crippen LogP contribution in [0.3, 0.4) is 0 Å². The number of aromatic nitrogens is 2. The van der Waals surface area contributed by atoms with Crippen molar-refractivity contribution >= 4 is 32.7 Å². The molecule has 0 atom stereocenters. The number of imidazole rings is 1. The predicted molar refractivity (Wildman–Crippen MR) is 121 cm³/mol. The minimum Gasteiger partial charge on any atom is -0.325 e. The quantitative estimate of drug-likeness (QED) is 0.483. The molecule has 9 heteroatoms. The Labute approximate surface area is 185 Å². The lowest BCUT2D eigenvalue weighted by atomic mass is 10.2. The molecule has 164 valence electrons. The van der Waals surface area contributed by atoms with E-state index in [1.54, 1.807) is 12.1 Å². The first-order valence-corrected chi connectivity index (χ1v) is 11.3. The van der Waals surface area contributed by atoms with Crippen molar-refractivity contribution < 1.29 is 17.6 Å². The van der Waals surface area contributed by atoms with Gasteiger partial charge < -0.3 is 5.32 Å². The Morgan fingerprint density at radius 3 is 2.44 bits per heavy atom. The van der Waals surface area contributed by atoms with Crippen LogP contribution in [-0.2, 0) is 14.8 Å². The third-order valence-corrected chi connectivity index (χ3v) is 6.83. The van der Waals surface area contributed by atoms with E-state index in [1.165, 1.54) is 19.2 Å². The van der Waals surface area contributed by atoms with E-state index >= 15 is 0 Å². The van der Waals surface area contributed by atoms with Crippen LogP contribution in [0.5, 0.6) is 0 Å². The van der Waals surface area contributed by atoms with Gasteiger partial charge in [0.2, 0.25) is 15.9 Å². The summed E-state index contributed by atoms with van der Waals surface area (Å²) in [7, 11) is -2.62. The third kappa shape index (κ3) is 4.25. The normalized spacial score (nSPS) is 11.8. The molecular weight excluding hydrogens is 431 g/mol. The van der Waals surface area contributed by atoms with Gasteiger partial charge in [-0.05, 0) is 61.5 Å². The second-order valence-electron chi connectivity index (χ2n) is 7.30. The molecule has 1 heterocycles. The van der Waals surface area contributed by atoms with Crippen LogP contribution >= 0.6 is 0 Å². The molecular formula is C23H21FN4O3S. The minimum absolute atomic E-state index is 0.0856. The van der Waals surface area contributed by atoms with Gasteiger partial charge >= 0.3 is 0 Å². The van der Waals surface area contributed by atoms with E-state index in [-0.39, 0.29) is 4.90 Å². The van der Waals surface area contributed by atoms with Crippen molar-refractivity contribution in [2.24, 2.45) is 0 Å². The molecule has 0 bridgehead atoms. The number of amides is 1. The standard InChI is InChI=1S/C23H21FN4O3S/c1-16-25-21-14-18(10-13-22(21)28(16)19-6-4-3-5-7-19)26-23(29)15-27(2)32(30,31)20-11-8-17(24)9-12-20/h3-14H,15H2,1-2H3,(H,26,29). The average molecular weight is 453 g/mol. The molecule has 1 aromatic heterocycles. The highest BCUT2D eigenvalue weighted by atomic mass is 32.2. The summed E-state index contributed by atoms with van der Waals surface area (Å²) in [5.41, 5.74) is 3.09. The molecule has 0 aliphatic rings. The van der Waals surface area contributed by atoms with Gasteiger partial charge in [-0.15, -0.1) is 0 Å². The number of likely N-dealkylation sites (N-methyl/N-ethyl adjacent to an activating group) is 1. The molecule has 4 aromatic rings. The molecule has 0 saturated carbocycles. The highest BCUT2D eigenvalue weighted by molar-refractivity contribution is 7.89. The zero-order valence-corrected chi connectivity index (χ0v) is 18.3. The summed E-state index contributed by atoms with van der Waals surface area (Å²) in [5, 5.41) is 2.71. The minimum atomic E-state index is -3.92. The van der Waals surface area contributed by atoms with E-state index in [9.17, 15) is 17.6 Å². The Balaban J connectivity index is 1.51. The average Bonchev–Trinajstić information content (AvgIpc) is 3.09. The second-order valence-corrected chi connectivity index (χ2v) is 9.34. The van der Waals surface area contributed by atoms with Crippen molar-refractivity contribution in [1.82, 2.24) is 13.9 Å². The molecule has 0 aliphatic carbocycles. The molecule has 3 aromatic carbocycles. The maximum atomic E-state index is 13.1. The smallest absolute Gasteiger partial charge is 0.243 e. The van der Waals surface area contributed by atoms with Crippen LogP contribution in [0.4, 0.5) is 10.1 Å². The number of para-hydroxylation sites is 1. The number of rotatable bonds is 6. The van der Waals surface area contributed by atoms with Gasteiger partial charge in [-0.3, -0.25) is 9.36 Å². The van der Waals surface area contributed by atoms with Crippen LogP contribution in [0, 0.1) is 12.7 Å². The van der Waals surface area contributed by atoms with Crippen LogP contribution in [-0.4, -0.2) is 41.8 Å². The van der Waals surface area contributed by atoms with E-state index in [1.807, 2.05) is 47.9 Å². The molecule has 0 radical (unpaired) electrons. The van der Waals surface area contributed by atoms with Gasteiger partial charge in [0.25, 0.3) is 0 Å². The van der Waals surface area contributed by atoms with E-state index in [0.717, 1.165) is 33.5 Å². The Kier molecular flexibility index (Phi) is 5.77. The van der Waals surface area contributed by atoms with E-state index < -0.39 is 28.3 Å². The van der Waals surface area contributed by atoms with Crippen LogP contribution in [0.15, 0.2) is 77.7 Å². The lowest BCUT2D eigenvalue weighted by Crippen LogP contribution is -2.34. The number of benzene rings is 3. The molecule has 7 nitrogen and oxygen atoms in total. The summed E-state index contributed by atoms with van der Waals surface area (Å²) >= 11 is 0. The number of hydrogen-bond acceptors (Lipinski definition) is 4. The maximum absolute atomic E-state index is 13.1. The number of hydrogen-bond donors (Lipinski definition) is 1. The van der Waals surface area contributed by atoms with Crippen LogP contribution in [0.2, 0.25) is 0 Å². The van der Waals surface area contributed by atoms with Crippen molar-refractivity contribution in [1.29, 1.82) is 0 Å². The van der Waals surface area contributed by atoms with Crippen molar-refractivity contribution in [2.45, 2.75) is 11.8 Å². The number of carbonyl (C=O) groups excluding carboxylic acids is 1. The summed E-state index contributed by atoms with van der Waals surface area (Å²) in [6, 6.07) is 19.6. The van der Waals surface area contributed by atoms with Crippen molar-refractivity contribution in [3.8, 4) is 5.69 Å². The number of aryl methyl sites for hydroxylation is 1. The number of sulfonamides is 1. The molecule has 32 heavy (non-hydrogen) atoms. The SMILES string of the molecule is Cc1nc2cc(NC(=O)CN(C)S(=O)(=O)c3ccc(F)cc3)ccc2n1-c1ccccc1. The highest BCUT2D eigenvalue weighted by Crippen LogP contribution is 2.24. The van der Waals surface area contributed by atoms with Gasteiger partial charge in [-0.1, -0.05) is 18.2 Å². The molecule has 0 fully saturated rings. The molecule has 4 rings (SSSR count). The lowest BCUT2D eigenvalue weighted by Gasteiger charge is -2.17. The zero-order valence-electron chi connectivity index (χ0n) is 17.5. The van der Waals surface area contributed by atoms with E-state index in [0.29, 0.717) is 11.2 Å². The Bertz CT molecular complexity index is 1380. The fourth-order valence-electron chi connectivity index (χ4n) is 3.46. The van der Waals surface area contributed by atoms with Crippen LogP contribution < -0.4 is 5.32 Å². The van der Waals surface area contributed by atoms with Crippen LogP contribution in [0.25, 0.3) is 16.7 Å². The topological polar surface area (TPSA) is 84.3 Å². The first kappa shape index (κ1) is 21.7. The Hall–Kier alpha value is -3.56. The summed E-state index contributed by atoms with van der Waals surface area (Å²) in [4.78, 5) is 17.0. The first-order chi connectivity index (χ1) is 15.3. The van der Waals surface area contributed by atoms with E-state index in [4.69, 9.17) is 0 Å². The van der Waals surface area contributed by atoms with Crippen molar-refractivity contribution in [3.63, 3.8) is 0 Å². The summed E-state index contributed by atoms with van der Waals surface area (Å²) in [6.07, 6.45) is 0. The number of nitrogens with one attached hydrogen (secondary N) is 1. The summed E-state index contributed by atoms with van der Waals surface area (Å²) < 4.78 is 41.2. The van der Waals surface area contributed by atoms with Gasteiger partial charge in [-0.2, -0.15) is 4.31 Å². The second kappa shape index (κ2) is 8.52. The van der Waals surface area contributed by atoms with Gasteiger partial charge in [0, 0.05) is 18.4 Å². The third-order valence-electron chi connectivity index (χ3n) is 5.01. The highest BCUT2D eigenvalue weighted by Gasteiger charge is 2.23. The van der Waals surface area contributed by atoms with E-state index in [2.05, 4.69) is 10.3 Å². The zero-order chi connectivity index (χ0) is 22.9. The molecule has 0 spiro atoms. The van der Waals surface area contributed by atoms with Gasteiger partial charge in [0.1, 0.15) is 11.6 Å². The van der Waals surface area contributed by atoms with Gasteiger partial charge in [0.15, 0.2) is 0 Å². The number of nitrogens with zero attached hydrogens (tertiary/aromatic N) is 3. The Morgan fingerprint density at radius 1 is 1.06 bits per heavy atom. The summed E-state index contributed by atoms with van der Waals surface area (Å²) in [6.45, 7) is 1.51. The molecule has 0 saturated heterocycles. The van der Waals surface area contributed by atoms with Gasteiger partial charge in [-0.25, -0.2) is 17.8 Å². The molecule has 1 amide bonds. The monoisotopic (exact) mass is 452 g/mol. The molecule has 1 N–H and O–H groups in total. The number of fused-ring (bicyclic) bond motifs is 1. The van der Waals surface area contributed by atoms with Crippen molar-refractivity contribution in [3.05, 3.63) is 84.4 Å². The fraction of sp³-hybridized carbons (Fsp3) is 0.130. The molecule has 0 aliphatic heterocycles. The number of carbonyl (C=O) groups is 1. The largest absolute Gasteiger partial charge is 0.325 e. The van der Waals surface area contributed by atoms with Crippen LogP contribution in [0.1, 0.15) is 5.82 Å². The Morgan fingerprint density at radius 2 is 1.75 bits per heavy atom. The maximum Gasteiger partial charge on any atom is 0.243 e. The molecule has 0 unspecified atom stereocenters. The number of anilines is 1. The summed E-state index contributed by atoms with van der Waals surface area (Å²) in [5.74, 6) is -0.235. The predicted octanol–water partition coefficient (Wildman–Crippen LogP) is 3.73. The lowest BCUT2D eigenvalue weighted by molar-refractivity contribution is -0.116. The van der Waals surface area contributed by atoms with Gasteiger partial charge in [0.05, 0.1) is 22.5 Å². The van der Waals surface area contributed by atoms with Crippen molar-refractivity contribution in [2.75, 3.05) is 18.9 Å². The first-order valence-electron chi connectivity index (χ1n) is 9.82.